The Morgan fingerprint density at radius 1 is 1.17 bits per heavy atom. The fourth-order valence-electron chi connectivity index (χ4n) is 1.92. The van der Waals surface area contributed by atoms with Gasteiger partial charge < -0.3 is 5.32 Å². The molecule has 0 saturated heterocycles. The number of amides is 1. The van der Waals surface area contributed by atoms with Crippen molar-refractivity contribution >= 4 is 49.0 Å². The van der Waals surface area contributed by atoms with Crippen LogP contribution in [0.5, 0.6) is 0 Å². The molecule has 4 nitrogen and oxygen atoms in total. The van der Waals surface area contributed by atoms with Crippen molar-refractivity contribution in [2.75, 3.05) is 11.1 Å². The van der Waals surface area contributed by atoms with Crippen molar-refractivity contribution in [1.29, 1.82) is 0 Å². The third-order valence-electron chi connectivity index (χ3n) is 3.17. The highest BCUT2D eigenvalue weighted by atomic mass is 79.9. The first-order chi connectivity index (χ1) is 10.8. The second-order valence-electron chi connectivity index (χ2n) is 5.05. The molecule has 0 atom stereocenters. The van der Waals surface area contributed by atoms with Gasteiger partial charge in [-0.1, -0.05) is 33.6 Å². The van der Waals surface area contributed by atoms with Gasteiger partial charge in [0, 0.05) is 10.9 Å². The number of sulfone groups is 1. The van der Waals surface area contributed by atoms with Crippen LogP contribution in [-0.4, -0.2) is 20.1 Å². The molecular weight excluding hydrogens is 402 g/mol. The summed E-state index contributed by atoms with van der Waals surface area (Å²) in [5, 5.41) is 3.05. The van der Waals surface area contributed by atoms with Gasteiger partial charge in [-0.15, -0.1) is 0 Å². The Hall–Kier alpha value is -1.37. The number of rotatable bonds is 5. The second-order valence-corrected chi connectivity index (χ2v) is 8.49. The molecule has 122 valence electrons. The molecule has 2 rings (SSSR count). The van der Waals surface area contributed by atoms with E-state index in [9.17, 15) is 13.2 Å². The molecule has 0 saturated carbocycles. The van der Waals surface area contributed by atoms with E-state index in [-0.39, 0.29) is 17.1 Å². The Morgan fingerprint density at radius 2 is 1.83 bits per heavy atom. The minimum atomic E-state index is -3.50. The predicted molar refractivity (Wildman–Crippen MR) is 95.6 cm³/mol. The van der Waals surface area contributed by atoms with Gasteiger partial charge in [-0.05, 0) is 48.9 Å². The van der Waals surface area contributed by atoms with Crippen LogP contribution in [-0.2, 0) is 14.6 Å². The molecule has 0 radical (unpaired) electrons. The summed E-state index contributed by atoms with van der Waals surface area (Å²) in [6.07, 6.45) is -0.136. The van der Waals surface area contributed by atoms with Crippen molar-refractivity contribution in [3.05, 3.63) is 57.5 Å². The van der Waals surface area contributed by atoms with Crippen LogP contribution in [0.25, 0.3) is 0 Å². The van der Waals surface area contributed by atoms with Gasteiger partial charge in [0.2, 0.25) is 5.91 Å². The monoisotopic (exact) mass is 415 g/mol. The Morgan fingerprint density at radius 3 is 2.43 bits per heavy atom. The molecule has 0 bridgehead atoms. The number of carbonyl (C=O) groups excluding carboxylic acids is 1. The number of anilines is 1. The molecule has 0 aliphatic heterocycles. The lowest BCUT2D eigenvalue weighted by Gasteiger charge is -2.08. The lowest BCUT2D eigenvalue weighted by molar-refractivity contribution is -0.115. The minimum Gasteiger partial charge on any atom is -0.325 e. The number of hydrogen-bond acceptors (Lipinski definition) is 3. The Labute approximate surface area is 148 Å². The number of benzene rings is 2. The summed E-state index contributed by atoms with van der Waals surface area (Å²) in [6.45, 7) is 1.89. The smallest absolute Gasteiger partial charge is 0.225 e. The van der Waals surface area contributed by atoms with Crippen LogP contribution >= 0.6 is 27.5 Å². The number of hydrogen-bond donors (Lipinski definition) is 1. The molecule has 2 aromatic carbocycles. The van der Waals surface area contributed by atoms with Crippen LogP contribution in [0.4, 0.5) is 5.69 Å². The highest BCUT2D eigenvalue weighted by Crippen LogP contribution is 2.23. The van der Waals surface area contributed by atoms with E-state index < -0.39 is 15.7 Å². The van der Waals surface area contributed by atoms with Crippen molar-refractivity contribution in [1.82, 2.24) is 0 Å². The molecule has 23 heavy (non-hydrogen) atoms. The number of aryl methyl sites for hydroxylation is 1. The van der Waals surface area contributed by atoms with E-state index >= 15 is 0 Å². The first kappa shape index (κ1) is 18.0. The van der Waals surface area contributed by atoms with Crippen molar-refractivity contribution in [2.24, 2.45) is 0 Å². The normalized spacial score (nSPS) is 11.3. The summed E-state index contributed by atoms with van der Waals surface area (Å²) in [4.78, 5) is 12.1. The van der Waals surface area contributed by atoms with Crippen LogP contribution < -0.4 is 5.32 Å². The third kappa shape index (κ3) is 5.06. The van der Waals surface area contributed by atoms with Crippen LogP contribution in [0.15, 0.2) is 51.8 Å². The Balaban J connectivity index is 1.99. The third-order valence-corrected chi connectivity index (χ3v) is 5.74. The quantitative estimate of drug-likeness (QED) is 0.794. The second kappa shape index (κ2) is 7.47. The number of carbonyl (C=O) groups is 1. The molecule has 7 heteroatoms. The molecule has 0 spiro atoms. The fraction of sp³-hybridized carbons (Fsp3) is 0.188. The first-order valence-electron chi connectivity index (χ1n) is 6.82. The molecule has 0 aromatic heterocycles. The number of halogens is 2. The zero-order valence-electron chi connectivity index (χ0n) is 12.3. The van der Waals surface area contributed by atoms with Crippen molar-refractivity contribution in [3.8, 4) is 0 Å². The van der Waals surface area contributed by atoms with Crippen LogP contribution in [0.2, 0.25) is 5.02 Å². The van der Waals surface area contributed by atoms with E-state index in [0.29, 0.717) is 10.7 Å². The lowest BCUT2D eigenvalue weighted by atomic mass is 10.2. The van der Waals surface area contributed by atoms with Gasteiger partial charge in [0.15, 0.2) is 9.84 Å². The van der Waals surface area contributed by atoms with Crippen LogP contribution in [0, 0.1) is 6.92 Å². The number of nitrogens with one attached hydrogen (secondary N) is 1. The topological polar surface area (TPSA) is 63.2 Å². The maximum Gasteiger partial charge on any atom is 0.225 e. The van der Waals surface area contributed by atoms with Crippen molar-refractivity contribution in [3.63, 3.8) is 0 Å². The zero-order chi connectivity index (χ0) is 17.0. The summed E-state index contributed by atoms with van der Waals surface area (Å²) in [5.74, 6) is -0.652. The average molecular weight is 417 g/mol. The summed E-state index contributed by atoms with van der Waals surface area (Å²) < 4.78 is 25.2. The van der Waals surface area contributed by atoms with E-state index in [1.165, 1.54) is 12.1 Å². The van der Waals surface area contributed by atoms with E-state index in [4.69, 9.17) is 11.6 Å². The van der Waals surface area contributed by atoms with Crippen molar-refractivity contribution in [2.45, 2.75) is 18.2 Å². The van der Waals surface area contributed by atoms with E-state index in [1.807, 2.05) is 13.0 Å². The van der Waals surface area contributed by atoms with E-state index in [0.717, 1.165) is 10.0 Å². The van der Waals surface area contributed by atoms with Gasteiger partial charge >= 0.3 is 0 Å². The SMILES string of the molecule is Cc1ccc(NC(=O)CCS(=O)(=O)c2ccc(Br)cc2)c(Cl)c1. The van der Waals surface area contributed by atoms with E-state index in [1.54, 1.807) is 24.3 Å². The molecule has 1 N–H and O–H groups in total. The van der Waals surface area contributed by atoms with Gasteiger partial charge in [-0.25, -0.2) is 8.42 Å². The van der Waals surface area contributed by atoms with Gasteiger partial charge in [0.05, 0.1) is 21.4 Å². The van der Waals surface area contributed by atoms with Gasteiger partial charge in [0.25, 0.3) is 0 Å². The largest absolute Gasteiger partial charge is 0.325 e. The summed E-state index contributed by atoms with van der Waals surface area (Å²) in [5.41, 5.74) is 1.45. The Bertz CT molecular complexity index is 820. The molecular formula is C16H15BrClNO3S. The molecule has 0 aliphatic rings. The highest BCUT2D eigenvalue weighted by Gasteiger charge is 2.17. The zero-order valence-corrected chi connectivity index (χ0v) is 15.5. The molecule has 2 aromatic rings. The van der Waals surface area contributed by atoms with Gasteiger partial charge in [0.1, 0.15) is 0 Å². The van der Waals surface area contributed by atoms with Crippen LogP contribution in [0.3, 0.4) is 0 Å². The van der Waals surface area contributed by atoms with Gasteiger partial charge in [-0.2, -0.15) is 0 Å². The molecule has 0 aliphatic carbocycles. The summed E-state index contributed by atoms with van der Waals surface area (Å²) in [7, 11) is -3.50. The minimum absolute atomic E-state index is 0.136. The van der Waals surface area contributed by atoms with E-state index in [2.05, 4.69) is 21.2 Å². The Kier molecular flexibility index (Phi) is 5.84. The molecule has 0 fully saturated rings. The molecule has 0 heterocycles. The lowest BCUT2D eigenvalue weighted by Crippen LogP contribution is -2.17. The molecule has 0 unspecified atom stereocenters. The van der Waals surface area contributed by atoms with Crippen molar-refractivity contribution < 1.29 is 13.2 Å². The van der Waals surface area contributed by atoms with Gasteiger partial charge in [-0.3, -0.25) is 4.79 Å². The summed E-state index contributed by atoms with van der Waals surface area (Å²) in [6, 6.07) is 11.6. The molecule has 1 amide bonds. The maximum atomic E-state index is 12.2. The highest BCUT2D eigenvalue weighted by molar-refractivity contribution is 9.10. The maximum absolute atomic E-state index is 12.2. The fourth-order valence-corrected chi connectivity index (χ4v) is 3.71. The average Bonchev–Trinajstić information content (AvgIpc) is 2.49. The first-order valence-corrected chi connectivity index (χ1v) is 9.64. The predicted octanol–water partition coefficient (Wildman–Crippen LogP) is 4.21. The summed E-state index contributed by atoms with van der Waals surface area (Å²) >= 11 is 9.29. The van der Waals surface area contributed by atoms with Crippen LogP contribution in [0.1, 0.15) is 12.0 Å². The standard InChI is InChI=1S/C16H15BrClNO3S/c1-11-2-7-15(14(18)10-11)19-16(20)8-9-23(21,22)13-5-3-12(17)4-6-13/h2-7,10H,8-9H2,1H3,(H,19,20).